The normalized spacial score (nSPS) is 14.2. The van der Waals surface area contributed by atoms with Gasteiger partial charge in [0.2, 0.25) is 0 Å². The Morgan fingerprint density at radius 1 is 0.630 bits per heavy atom. The first kappa shape index (κ1) is 27.7. The van der Waals surface area contributed by atoms with Crippen LogP contribution in [0.15, 0.2) is 121 Å². The third kappa shape index (κ3) is 3.97. The summed E-state index contributed by atoms with van der Waals surface area (Å²) in [6, 6.07) is 33.1. The minimum Gasteiger partial charge on any atom is -0.508 e. The topological polar surface area (TPSA) is 134 Å². The Morgan fingerprint density at radius 3 is 1.93 bits per heavy atom. The van der Waals surface area contributed by atoms with E-state index >= 15 is 0 Å². The molecule has 226 valence electrons. The van der Waals surface area contributed by atoms with Crippen LogP contribution in [0.25, 0.3) is 21.9 Å². The van der Waals surface area contributed by atoms with E-state index in [2.05, 4.69) is 0 Å². The molecule has 2 heterocycles. The zero-order valence-electron chi connectivity index (χ0n) is 23.8. The monoisotopic (exact) mass is 629 g/mol. The molecule has 0 bridgehead atoms. The highest BCUT2D eigenvalue weighted by Crippen LogP contribution is 2.58. The molecule has 0 saturated carbocycles. The van der Waals surface area contributed by atoms with Crippen LogP contribution in [0.3, 0.4) is 0 Å². The van der Waals surface area contributed by atoms with Gasteiger partial charge in [-0.1, -0.05) is 72.8 Å². The number of hydrogen-bond donors (Lipinski definition) is 3. The van der Waals surface area contributed by atoms with Crippen LogP contribution < -0.4 is 9.04 Å². The lowest BCUT2D eigenvalue weighted by molar-refractivity contribution is 0.0224. The summed E-state index contributed by atoms with van der Waals surface area (Å²) in [6.07, 6.45) is 0. The predicted molar refractivity (Wildman–Crippen MR) is 171 cm³/mol. The maximum absolute atomic E-state index is 14.1. The second kappa shape index (κ2) is 9.83. The average molecular weight is 630 g/mol. The van der Waals surface area contributed by atoms with Crippen molar-refractivity contribution in [1.82, 2.24) is 0 Å². The fraction of sp³-hybridized carbons (Fsp3) is 0.0278. The molecule has 2 aliphatic rings. The van der Waals surface area contributed by atoms with E-state index in [-0.39, 0.29) is 39.9 Å². The minimum atomic E-state index is -4.88. The van der Waals surface area contributed by atoms with Crippen molar-refractivity contribution in [1.29, 1.82) is 0 Å². The molecular weight excluding hydrogens is 606 g/mol. The molecular formula is C36H23NO8S. The maximum atomic E-state index is 14.1. The number of aromatic hydroxyl groups is 2. The molecule has 3 N–H and O–H groups in total. The zero-order valence-corrected chi connectivity index (χ0v) is 24.6. The van der Waals surface area contributed by atoms with Crippen LogP contribution >= 0.6 is 0 Å². The van der Waals surface area contributed by atoms with Crippen molar-refractivity contribution in [3.05, 3.63) is 144 Å². The van der Waals surface area contributed by atoms with Crippen LogP contribution in [0.2, 0.25) is 0 Å². The summed E-state index contributed by atoms with van der Waals surface area (Å²) in [5, 5.41) is 21.9. The molecule has 0 aliphatic carbocycles. The number of para-hydroxylation sites is 1. The number of anilines is 2. The Hall–Kier alpha value is -5.84. The summed E-state index contributed by atoms with van der Waals surface area (Å²) in [5.41, 5.74) is 1.10. The summed E-state index contributed by atoms with van der Waals surface area (Å²) in [7, 11) is -4.88. The second-order valence-electron chi connectivity index (χ2n) is 11.0. The Bertz CT molecular complexity index is 2310. The van der Waals surface area contributed by atoms with Crippen LogP contribution in [-0.2, 0) is 20.6 Å². The van der Waals surface area contributed by atoms with E-state index in [1.807, 2.05) is 18.2 Å². The first-order valence-corrected chi connectivity index (χ1v) is 15.6. The van der Waals surface area contributed by atoms with E-state index in [1.165, 1.54) is 24.3 Å². The number of phenolic OH excluding ortho intramolecular Hbond substituents is 2. The summed E-state index contributed by atoms with van der Waals surface area (Å²) in [5.74, 6) is -0.341. The predicted octanol–water partition coefficient (Wildman–Crippen LogP) is 7.43. The molecule has 6 aromatic carbocycles. The fourth-order valence-corrected chi connectivity index (χ4v) is 7.43. The number of ether oxygens (including phenoxy) is 2. The summed E-state index contributed by atoms with van der Waals surface area (Å²) in [4.78, 5) is 14.1. The van der Waals surface area contributed by atoms with Gasteiger partial charge in [0, 0.05) is 39.8 Å². The van der Waals surface area contributed by atoms with Gasteiger partial charge >= 0.3 is 16.3 Å². The second-order valence-corrected chi connectivity index (χ2v) is 12.3. The highest BCUT2D eigenvalue weighted by molar-refractivity contribution is 7.87. The van der Waals surface area contributed by atoms with E-state index in [4.69, 9.17) is 9.47 Å². The van der Waals surface area contributed by atoms with Crippen LogP contribution in [0, 0.1) is 0 Å². The first-order valence-electron chi connectivity index (χ1n) is 14.2. The van der Waals surface area contributed by atoms with Crippen LogP contribution in [0.5, 0.6) is 23.0 Å². The molecule has 0 amide bonds. The smallest absolute Gasteiger partial charge is 0.364 e. The van der Waals surface area contributed by atoms with Crippen LogP contribution in [0.1, 0.15) is 27.0 Å². The third-order valence-electron chi connectivity index (χ3n) is 8.43. The van der Waals surface area contributed by atoms with Gasteiger partial charge in [0.25, 0.3) is 0 Å². The quantitative estimate of drug-likeness (QED) is 0.135. The number of fused-ring (bicyclic) bond motifs is 7. The highest BCUT2D eigenvalue weighted by Gasteiger charge is 2.54. The number of rotatable bonds is 4. The molecule has 0 saturated heterocycles. The van der Waals surface area contributed by atoms with Gasteiger partial charge in [-0.3, -0.25) is 4.55 Å². The molecule has 6 aromatic rings. The summed E-state index contributed by atoms with van der Waals surface area (Å²) in [6.45, 7) is 0. The van der Waals surface area contributed by atoms with Gasteiger partial charge < -0.3 is 19.7 Å². The van der Waals surface area contributed by atoms with E-state index in [9.17, 15) is 28.0 Å². The highest BCUT2D eigenvalue weighted by atomic mass is 32.2. The lowest BCUT2D eigenvalue weighted by atomic mass is 9.76. The average Bonchev–Trinajstić information content (AvgIpc) is 3.33. The van der Waals surface area contributed by atoms with Crippen molar-refractivity contribution in [2.45, 2.75) is 5.60 Å². The van der Waals surface area contributed by atoms with Gasteiger partial charge in [0.1, 0.15) is 23.0 Å². The van der Waals surface area contributed by atoms with Crippen molar-refractivity contribution < 1.29 is 37.5 Å². The molecule has 9 nitrogen and oxygen atoms in total. The van der Waals surface area contributed by atoms with Crippen molar-refractivity contribution >= 4 is 38.4 Å². The van der Waals surface area contributed by atoms with E-state index in [0.29, 0.717) is 33.2 Å². The van der Waals surface area contributed by atoms with Crippen molar-refractivity contribution in [2.24, 2.45) is 0 Å². The molecule has 8 rings (SSSR count). The Labute approximate surface area is 263 Å². The van der Waals surface area contributed by atoms with E-state index < -0.39 is 21.9 Å². The van der Waals surface area contributed by atoms with E-state index in [1.54, 1.807) is 78.9 Å². The molecule has 46 heavy (non-hydrogen) atoms. The number of hydrogen-bond acceptors (Lipinski definition) is 7. The van der Waals surface area contributed by atoms with Crippen molar-refractivity contribution in [3.8, 4) is 34.1 Å². The van der Waals surface area contributed by atoms with Crippen molar-refractivity contribution in [3.63, 3.8) is 0 Å². The Morgan fingerprint density at radius 2 is 1.22 bits per heavy atom. The van der Waals surface area contributed by atoms with E-state index in [0.717, 1.165) is 9.69 Å². The standard InChI is InChI=1S/C36H23NO8S/c38-22-15-17-27-32(19-22)44-33-20-23(39)16-18-28(33)36(27)29-12-6-11-26(34(29)35(40)45-36)25-10-3-4-13-31(25)37(46(41,42)43)30-14-5-8-21-7-1-2-9-24(21)30/h1-20,38-39H,(H,41,42,43). The van der Waals surface area contributed by atoms with Crippen LogP contribution in [-0.4, -0.2) is 29.2 Å². The third-order valence-corrected chi connectivity index (χ3v) is 9.29. The number of phenols is 2. The lowest BCUT2D eigenvalue weighted by Gasteiger charge is -2.36. The number of esters is 1. The molecule has 2 aliphatic heterocycles. The SMILES string of the molecule is O=C1OC2(c3ccc(O)cc3Oc3cc(O)ccc32)c2cccc(-c3ccccc3N(c3cccc4ccccc34)S(=O)(=O)O)c21. The number of carbonyl (C=O) groups excluding carboxylic acids is 1. The van der Waals surface area contributed by atoms with Gasteiger partial charge in [-0.15, -0.1) is 0 Å². The summed E-state index contributed by atoms with van der Waals surface area (Å²) >= 11 is 0. The minimum absolute atomic E-state index is 0.0662. The summed E-state index contributed by atoms with van der Waals surface area (Å²) < 4.78 is 50.2. The van der Waals surface area contributed by atoms with Gasteiger partial charge in [-0.25, -0.2) is 9.10 Å². The Kier molecular flexibility index (Phi) is 5.92. The van der Waals surface area contributed by atoms with Gasteiger partial charge in [-0.05, 0) is 47.3 Å². The number of benzene rings is 6. The van der Waals surface area contributed by atoms with Crippen LogP contribution in [0.4, 0.5) is 11.4 Å². The van der Waals surface area contributed by atoms with Gasteiger partial charge in [0.05, 0.1) is 16.9 Å². The molecule has 0 radical (unpaired) electrons. The molecule has 0 fully saturated rings. The zero-order chi connectivity index (χ0) is 31.8. The van der Waals surface area contributed by atoms with Gasteiger partial charge in [0.15, 0.2) is 5.60 Å². The molecule has 0 unspecified atom stereocenters. The molecule has 0 atom stereocenters. The van der Waals surface area contributed by atoms with Gasteiger partial charge in [-0.2, -0.15) is 8.42 Å². The molecule has 0 aromatic heterocycles. The maximum Gasteiger partial charge on any atom is 0.364 e. The Balaban J connectivity index is 1.40. The first-order chi connectivity index (χ1) is 22.2. The number of nitrogens with zero attached hydrogens (tertiary/aromatic N) is 1. The fourth-order valence-electron chi connectivity index (χ4n) is 6.61. The molecule has 1 spiro atoms. The molecule has 10 heteroatoms. The largest absolute Gasteiger partial charge is 0.508 e. The lowest BCUT2D eigenvalue weighted by Crippen LogP contribution is -2.32. The number of carbonyl (C=O) groups is 1. The van der Waals surface area contributed by atoms with Crippen molar-refractivity contribution in [2.75, 3.05) is 4.31 Å².